The zero-order valence-corrected chi connectivity index (χ0v) is 13.8. The minimum atomic E-state index is -3.59. The third-order valence-corrected chi connectivity index (χ3v) is 4.28. The van der Waals surface area contributed by atoms with E-state index < -0.39 is 10.0 Å². The fourth-order valence-electron chi connectivity index (χ4n) is 1.70. The normalized spacial score (nSPS) is 12.5. The Morgan fingerprint density at radius 3 is 2.32 bits per heavy atom. The molecule has 22 heavy (non-hydrogen) atoms. The van der Waals surface area contributed by atoms with Gasteiger partial charge < -0.3 is 5.73 Å². The molecule has 0 amide bonds. The van der Waals surface area contributed by atoms with Gasteiger partial charge in [-0.25, -0.2) is 23.1 Å². The molecule has 120 valence electrons. The van der Waals surface area contributed by atoms with Crippen LogP contribution in [0.3, 0.4) is 0 Å². The number of halogens is 1. The summed E-state index contributed by atoms with van der Waals surface area (Å²) in [6, 6.07) is 9.32. The smallest absolute Gasteiger partial charge is 0.243 e. The Bertz CT molecular complexity index is 676. The first-order chi connectivity index (χ1) is 9.99. The number of nitrogens with zero attached hydrogens (tertiary/aromatic N) is 2. The monoisotopic (exact) mass is 342 g/mol. The summed E-state index contributed by atoms with van der Waals surface area (Å²) in [5.41, 5.74) is 6.42. The largest absolute Gasteiger partial charge is 0.328 e. The van der Waals surface area contributed by atoms with E-state index in [1.807, 2.05) is 37.3 Å². The van der Waals surface area contributed by atoms with Crippen molar-refractivity contribution in [2.45, 2.75) is 24.3 Å². The van der Waals surface area contributed by atoms with Crippen LogP contribution in [0.5, 0.6) is 0 Å². The molecule has 0 saturated carbocycles. The Hall–Kier alpha value is -1.54. The molecular formula is C14H19ClN4O2S. The van der Waals surface area contributed by atoms with Crippen molar-refractivity contribution in [3.05, 3.63) is 42.7 Å². The number of rotatable bonds is 6. The molecule has 1 heterocycles. The predicted molar refractivity (Wildman–Crippen MR) is 88.2 cm³/mol. The van der Waals surface area contributed by atoms with Gasteiger partial charge in [-0.1, -0.05) is 30.3 Å². The number of hydrogen-bond donors (Lipinski definition) is 2. The number of nitrogens with two attached hydrogens (primary N) is 1. The number of sulfonamides is 1. The highest BCUT2D eigenvalue weighted by Crippen LogP contribution is 2.14. The van der Waals surface area contributed by atoms with E-state index in [1.54, 1.807) is 0 Å². The van der Waals surface area contributed by atoms with E-state index in [1.165, 1.54) is 12.4 Å². The van der Waals surface area contributed by atoms with Gasteiger partial charge in [-0.3, -0.25) is 0 Å². The Morgan fingerprint density at radius 2 is 1.77 bits per heavy atom. The summed E-state index contributed by atoms with van der Waals surface area (Å²) in [5.74, 6) is 0.491. The number of hydrogen-bond acceptors (Lipinski definition) is 5. The molecule has 1 aromatic carbocycles. The van der Waals surface area contributed by atoms with Crippen LogP contribution >= 0.6 is 12.4 Å². The summed E-state index contributed by atoms with van der Waals surface area (Å²) in [6.45, 7) is 2.12. The molecule has 0 fully saturated rings. The van der Waals surface area contributed by atoms with Crippen LogP contribution in [0, 0.1) is 0 Å². The van der Waals surface area contributed by atoms with Gasteiger partial charge >= 0.3 is 0 Å². The van der Waals surface area contributed by atoms with Crippen molar-refractivity contribution in [1.29, 1.82) is 0 Å². The Morgan fingerprint density at radius 1 is 1.18 bits per heavy atom. The molecule has 8 heteroatoms. The molecule has 2 rings (SSSR count). The number of nitrogens with one attached hydrogen (secondary N) is 1. The van der Waals surface area contributed by atoms with Gasteiger partial charge in [-0.15, -0.1) is 12.4 Å². The van der Waals surface area contributed by atoms with Gasteiger partial charge in [0, 0.05) is 18.2 Å². The maximum Gasteiger partial charge on any atom is 0.243 e. The van der Waals surface area contributed by atoms with Crippen molar-refractivity contribution >= 4 is 22.4 Å². The molecular weight excluding hydrogens is 324 g/mol. The second kappa shape index (κ2) is 8.19. The summed E-state index contributed by atoms with van der Waals surface area (Å²) in [5, 5.41) is 0. The first-order valence-electron chi connectivity index (χ1n) is 6.62. The van der Waals surface area contributed by atoms with E-state index in [4.69, 9.17) is 5.73 Å². The fraction of sp³-hybridized carbons (Fsp3) is 0.286. The van der Waals surface area contributed by atoms with Crippen LogP contribution in [-0.4, -0.2) is 31.0 Å². The minimum Gasteiger partial charge on any atom is -0.328 e. The van der Waals surface area contributed by atoms with Crippen LogP contribution < -0.4 is 10.5 Å². The van der Waals surface area contributed by atoms with E-state index in [-0.39, 0.29) is 23.3 Å². The quantitative estimate of drug-likeness (QED) is 0.830. The molecule has 0 radical (unpaired) electrons. The summed E-state index contributed by atoms with van der Waals surface area (Å²) >= 11 is 0. The van der Waals surface area contributed by atoms with Crippen molar-refractivity contribution in [1.82, 2.24) is 14.7 Å². The lowest BCUT2D eigenvalue weighted by Gasteiger charge is -2.08. The molecule has 2 aromatic rings. The highest BCUT2D eigenvalue weighted by Gasteiger charge is 2.15. The van der Waals surface area contributed by atoms with Gasteiger partial charge in [0.25, 0.3) is 0 Å². The van der Waals surface area contributed by atoms with Gasteiger partial charge in [-0.05, 0) is 13.3 Å². The lowest BCUT2D eigenvalue weighted by atomic mass is 10.2. The van der Waals surface area contributed by atoms with Crippen molar-refractivity contribution in [3.63, 3.8) is 0 Å². The highest BCUT2D eigenvalue weighted by molar-refractivity contribution is 7.89. The fourth-order valence-corrected chi connectivity index (χ4v) is 2.63. The highest BCUT2D eigenvalue weighted by atomic mass is 35.5. The molecule has 1 atom stereocenters. The van der Waals surface area contributed by atoms with Crippen molar-refractivity contribution < 1.29 is 8.42 Å². The van der Waals surface area contributed by atoms with Crippen LogP contribution in [-0.2, 0) is 10.0 Å². The summed E-state index contributed by atoms with van der Waals surface area (Å²) in [7, 11) is -3.59. The third kappa shape index (κ3) is 5.03. The summed E-state index contributed by atoms with van der Waals surface area (Å²) in [6.07, 6.45) is 3.19. The second-order valence-electron chi connectivity index (χ2n) is 4.77. The lowest BCUT2D eigenvalue weighted by Crippen LogP contribution is -2.29. The van der Waals surface area contributed by atoms with Crippen LogP contribution in [0.15, 0.2) is 47.6 Å². The third-order valence-electron chi connectivity index (χ3n) is 2.86. The Balaban J connectivity index is 0.00000242. The molecule has 0 saturated heterocycles. The van der Waals surface area contributed by atoms with Gasteiger partial charge in [0.2, 0.25) is 10.0 Å². The zero-order chi connectivity index (χ0) is 15.3. The van der Waals surface area contributed by atoms with Crippen LogP contribution in [0.25, 0.3) is 11.4 Å². The average Bonchev–Trinajstić information content (AvgIpc) is 2.48. The van der Waals surface area contributed by atoms with Crippen LogP contribution in [0.4, 0.5) is 0 Å². The van der Waals surface area contributed by atoms with Crippen LogP contribution in [0.2, 0.25) is 0 Å². The second-order valence-corrected chi connectivity index (χ2v) is 6.54. The molecule has 3 N–H and O–H groups in total. The van der Waals surface area contributed by atoms with Crippen LogP contribution in [0.1, 0.15) is 13.3 Å². The molecule has 0 bridgehead atoms. The molecule has 1 aromatic heterocycles. The van der Waals surface area contributed by atoms with Gasteiger partial charge in [0.1, 0.15) is 4.90 Å². The maximum absolute atomic E-state index is 12.0. The molecule has 1 unspecified atom stereocenters. The average molecular weight is 343 g/mol. The summed E-state index contributed by atoms with van der Waals surface area (Å²) < 4.78 is 26.5. The topological polar surface area (TPSA) is 98.0 Å². The van der Waals surface area contributed by atoms with E-state index in [0.717, 1.165) is 5.56 Å². The van der Waals surface area contributed by atoms with Crippen molar-refractivity contribution in [2.24, 2.45) is 5.73 Å². The number of aromatic nitrogens is 2. The van der Waals surface area contributed by atoms with Gasteiger partial charge in [0.05, 0.1) is 12.4 Å². The maximum atomic E-state index is 12.0. The molecule has 0 aliphatic heterocycles. The van der Waals surface area contributed by atoms with E-state index >= 15 is 0 Å². The standard InChI is InChI=1S/C14H18N4O2S.ClH/c1-11(15)7-8-18-21(19,20)13-9-16-14(17-10-13)12-5-3-2-4-6-12;/h2-6,9-11,18H,7-8,15H2,1H3;1H. The first kappa shape index (κ1) is 18.5. The Kier molecular flexibility index (Phi) is 6.89. The lowest BCUT2D eigenvalue weighted by molar-refractivity contribution is 0.571. The molecule has 6 nitrogen and oxygen atoms in total. The Labute approximate surface area is 136 Å². The predicted octanol–water partition coefficient (Wildman–Crippen LogP) is 1.58. The molecule has 0 spiro atoms. The zero-order valence-electron chi connectivity index (χ0n) is 12.1. The molecule has 0 aliphatic rings. The van der Waals surface area contributed by atoms with Gasteiger partial charge in [-0.2, -0.15) is 0 Å². The van der Waals surface area contributed by atoms with E-state index in [9.17, 15) is 8.42 Å². The summed E-state index contributed by atoms with van der Waals surface area (Å²) in [4.78, 5) is 8.25. The van der Waals surface area contributed by atoms with Crippen molar-refractivity contribution in [3.8, 4) is 11.4 Å². The van der Waals surface area contributed by atoms with E-state index in [0.29, 0.717) is 18.8 Å². The van der Waals surface area contributed by atoms with E-state index in [2.05, 4.69) is 14.7 Å². The first-order valence-corrected chi connectivity index (χ1v) is 8.10. The minimum absolute atomic E-state index is 0. The van der Waals surface area contributed by atoms with Gasteiger partial charge in [0.15, 0.2) is 5.82 Å². The molecule has 0 aliphatic carbocycles. The van der Waals surface area contributed by atoms with Crippen molar-refractivity contribution in [2.75, 3.05) is 6.54 Å². The number of benzene rings is 1. The SMILES string of the molecule is CC(N)CCNS(=O)(=O)c1cnc(-c2ccccc2)nc1.Cl.